The molecule has 10 heteroatoms. The summed E-state index contributed by atoms with van der Waals surface area (Å²) in [6.07, 6.45) is 1.52. The van der Waals surface area contributed by atoms with Crippen LogP contribution in [0.5, 0.6) is 0 Å². The first kappa shape index (κ1) is 24.0. The Balaban J connectivity index is 1.76. The molecule has 180 valence electrons. The molecule has 0 saturated heterocycles. The van der Waals surface area contributed by atoms with Crippen molar-refractivity contribution in [2.75, 3.05) is 17.2 Å². The minimum atomic E-state index is -0.691. The first-order valence-corrected chi connectivity index (χ1v) is 11.8. The Morgan fingerprint density at radius 2 is 2.06 bits per heavy atom. The maximum absolute atomic E-state index is 14.9. The van der Waals surface area contributed by atoms with Gasteiger partial charge in [0.1, 0.15) is 29.8 Å². The van der Waals surface area contributed by atoms with Gasteiger partial charge in [-0.05, 0) is 18.2 Å². The molecule has 0 unspecified atom stereocenters. The number of hydrogen-bond donors (Lipinski definition) is 1. The molecule has 1 N–H and O–H groups in total. The monoisotopic (exact) mass is 488 g/mol. The third-order valence-electron chi connectivity index (χ3n) is 5.54. The van der Waals surface area contributed by atoms with Gasteiger partial charge in [0.2, 0.25) is 11.8 Å². The van der Waals surface area contributed by atoms with Gasteiger partial charge in [-0.3, -0.25) is 19.2 Å². The van der Waals surface area contributed by atoms with Gasteiger partial charge in [0, 0.05) is 29.7 Å². The highest BCUT2D eigenvalue weighted by Gasteiger charge is 2.39. The number of thioether (sulfide) groups is 1. The van der Waals surface area contributed by atoms with Crippen molar-refractivity contribution < 1.29 is 22.8 Å². The number of halogens is 2. The van der Waals surface area contributed by atoms with Crippen LogP contribution in [-0.2, 0) is 28.6 Å². The van der Waals surface area contributed by atoms with Gasteiger partial charge >= 0.3 is 0 Å². The molecular weight excluding hydrogens is 462 g/mol. The largest absolute Gasteiger partial charge is 0.467 e. The van der Waals surface area contributed by atoms with Gasteiger partial charge in [-0.15, -0.1) is 11.8 Å². The Labute approximate surface area is 200 Å². The lowest BCUT2D eigenvalue weighted by Gasteiger charge is -2.24. The van der Waals surface area contributed by atoms with Gasteiger partial charge in [0.15, 0.2) is 0 Å². The molecule has 3 heterocycles. The molecule has 0 aliphatic carbocycles. The van der Waals surface area contributed by atoms with Gasteiger partial charge in [-0.1, -0.05) is 26.8 Å². The number of benzene rings is 1. The number of nitrogens with zero attached hydrogens (tertiary/aromatic N) is 3. The van der Waals surface area contributed by atoms with E-state index in [1.165, 1.54) is 35.1 Å². The number of carbonyl (C=O) groups excluding carboxylic acids is 2. The zero-order valence-electron chi connectivity index (χ0n) is 19.4. The van der Waals surface area contributed by atoms with E-state index in [0.717, 1.165) is 6.07 Å². The first-order chi connectivity index (χ1) is 16.1. The summed E-state index contributed by atoms with van der Waals surface area (Å²) in [5.74, 6) is -0.988. The molecule has 0 bridgehead atoms. The second-order valence-electron chi connectivity index (χ2n) is 9.15. The van der Waals surface area contributed by atoms with Crippen LogP contribution in [0.4, 0.5) is 14.6 Å². The Morgan fingerprint density at radius 3 is 2.71 bits per heavy atom. The summed E-state index contributed by atoms with van der Waals surface area (Å²) in [6.45, 7) is 5.90. The highest BCUT2D eigenvalue weighted by molar-refractivity contribution is 8.00. The van der Waals surface area contributed by atoms with Crippen LogP contribution in [0.15, 0.2) is 41.0 Å². The van der Waals surface area contributed by atoms with Crippen LogP contribution in [0, 0.1) is 11.6 Å². The van der Waals surface area contributed by atoms with E-state index in [1.807, 2.05) is 20.8 Å². The van der Waals surface area contributed by atoms with E-state index in [-0.39, 0.29) is 36.2 Å². The number of hydrogen-bond acceptors (Lipinski definition) is 5. The summed E-state index contributed by atoms with van der Waals surface area (Å²) in [4.78, 5) is 27.3. The molecule has 3 aromatic rings. The van der Waals surface area contributed by atoms with Crippen LogP contribution in [0.1, 0.15) is 48.6 Å². The fourth-order valence-electron chi connectivity index (χ4n) is 4.00. The van der Waals surface area contributed by atoms with Crippen molar-refractivity contribution in [2.45, 2.75) is 38.0 Å². The quantitative estimate of drug-likeness (QED) is 0.586. The Kier molecular flexibility index (Phi) is 6.53. The Bertz CT molecular complexity index is 1220. The van der Waals surface area contributed by atoms with E-state index in [9.17, 15) is 18.4 Å². The van der Waals surface area contributed by atoms with E-state index in [1.54, 1.807) is 23.9 Å². The van der Waals surface area contributed by atoms with Crippen molar-refractivity contribution in [3.05, 3.63) is 70.8 Å². The van der Waals surface area contributed by atoms with Gasteiger partial charge in [-0.25, -0.2) is 8.78 Å². The predicted octanol–water partition coefficient (Wildman–Crippen LogP) is 4.07. The lowest BCUT2D eigenvalue weighted by Crippen LogP contribution is -2.42. The molecule has 0 spiro atoms. The van der Waals surface area contributed by atoms with Crippen molar-refractivity contribution >= 4 is 29.4 Å². The maximum Gasteiger partial charge on any atom is 0.240 e. The first-order valence-electron chi connectivity index (χ1n) is 10.8. The molecule has 0 radical (unpaired) electrons. The van der Waals surface area contributed by atoms with E-state index < -0.39 is 22.3 Å². The summed E-state index contributed by atoms with van der Waals surface area (Å²) in [7, 11) is 1.70. The number of rotatable bonds is 5. The second-order valence-corrected chi connectivity index (χ2v) is 10.2. The van der Waals surface area contributed by atoms with Crippen LogP contribution in [0.25, 0.3) is 0 Å². The zero-order valence-corrected chi connectivity index (χ0v) is 20.2. The van der Waals surface area contributed by atoms with E-state index in [4.69, 9.17) is 4.42 Å². The van der Waals surface area contributed by atoms with Gasteiger partial charge < -0.3 is 9.73 Å². The lowest BCUT2D eigenvalue weighted by atomic mass is 9.87. The molecule has 7 nitrogen and oxygen atoms in total. The zero-order chi connectivity index (χ0) is 24.6. The molecule has 34 heavy (non-hydrogen) atoms. The number of aromatic nitrogens is 2. The molecule has 1 aliphatic rings. The van der Waals surface area contributed by atoms with Gasteiger partial charge in [0.05, 0.1) is 29.5 Å². The molecule has 1 aliphatic heterocycles. The predicted molar refractivity (Wildman–Crippen MR) is 125 cm³/mol. The SMILES string of the molecule is Cn1nc(C(C)(C)C)c2c1N(CC(=O)NCc1ccco1)C(=O)CS[C@H]2c1ccc(F)cc1F. The van der Waals surface area contributed by atoms with Crippen LogP contribution in [0.3, 0.4) is 0 Å². The third kappa shape index (κ3) is 4.72. The topological polar surface area (TPSA) is 80.4 Å². The summed E-state index contributed by atoms with van der Waals surface area (Å²) >= 11 is 1.24. The molecule has 2 aromatic heterocycles. The summed E-state index contributed by atoms with van der Waals surface area (Å²) < 4.78 is 35.3. The summed E-state index contributed by atoms with van der Waals surface area (Å²) in [5, 5.41) is 6.83. The van der Waals surface area contributed by atoms with E-state index >= 15 is 0 Å². The Morgan fingerprint density at radius 1 is 1.29 bits per heavy atom. The van der Waals surface area contributed by atoms with Gasteiger partial charge in [-0.2, -0.15) is 5.10 Å². The van der Waals surface area contributed by atoms with Crippen molar-refractivity contribution in [1.29, 1.82) is 0 Å². The second kappa shape index (κ2) is 9.25. The van der Waals surface area contributed by atoms with Crippen LogP contribution in [-0.4, -0.2) is 33.9 Å². The van der Waals surface area contributed by atoms with Crippen LogP contribution in [0.2, 0.25) is 0 Å². The maximum atomic E-state index is 14.9. The molecule has 1 atom stereocenters. The van der Waals surface area contributed by atoms with Crippen molar-refractivity contribution in [2.24, 2.45) is 7.05 Å². The smallest absolute Gasteiger partial charge is 0.240 e. The number of carbonyl (C=O) groups is 2. The van der Waals surface area contributed by atoms with Crippen molar-refractivity contribution in [3.8, 4) is 0 Å². The van der Waals surface area contributed by atoms with Crippen LogP contribution < -0.4 is 10.2 Å². The average molecular weight is 489 g/mol. The van der Waals surface area contributed by atoms with Crippen molar-refractivity contribution in [1.82, 2.24) is 15.1 Å². The molecule has 0 saturated carbocycles. The average Bonchev–Trinajstić information content (AvgIpc) is 3.36. The normalized spacial score (nSPS) is 16.4. The number of anilines is 1. The summed E-state index contributed by atoms with van der Waals surface area (Å²) in [6, 6.07) is 6.92. The number of amides is 2. The number of furan rings is 1. The minimum Gasteiger partial charge on any atom is -0.467 e. The number of fused-ring (bicyclic) bond motifs is 1. The number of nitrogens with one attached hydrogen (secondary N) is 1. The standard InChI is InChI=1S/C24H26F2N4O3S/c1-24(2,3)22-20-21(16-8-7-14(25)10-17(16)26)34-13-19(32)30(23(20)29(4)28-22)12-18(31)27-11-15-6-5-9-33-15/h5-10,21H,11-13H2,1-4H3,(H,27,31)/t21-/m0/s1. The highest BCUT2D eigenvalue weighted by Crippen LogP contribution is 2.48. The van der Waals surface area contributed by atoms with E-state index in [0.29, 0.717) is 22.8 Å². The number of aryl methyl sites for hydroxylation is 1. The van der Waals surface area contributed by atoms with E-state index in [2.05, 4.69) is 10.4 Å². The molecule has 0 fully saturated rings. The van der Waals surface area contributed by atoms with Crippen molar-refractivity contribution in [3.63, 3.8) is 0 Å². The fraction of sp³-hybridized carbons (Fsp3) is 0.375. The highest BCUT2D eigenvalue weighted by atomic mass is 32.2. The minimum absolute atomic E-state index is 0.0191. The summed E-state index contributed by atoms with van der Waals surface area (Å²) in [5.41, 5.74) is 1.17. The fourth-order valence-corrected chi connectivity index (χ4v) is 5.22. The molecule has 4 rings (SSSR count). The molecule has 1 aromatic carbocycles. The third-order valence-corrected chi connectivity index (χ3v) is 6.78. The molecule has 2 amide bonds. The lowest BCUT2D eigenvalue weighted by molar-refractivity contribution is -0.123. The van der Waals surface area contributed by atoms with Crippen LogP contribution >= 0.6 is 11.8 Å². The Hall–Kier alpha value is -3.14. The molecular formula is C24H26F2N4O3S. The van der Waals surface area contributed by atoms with Gasteiger partial charge in [0.25, 0.3) is 0 Å².